The van der Waals surface area contributed by atoms with E-state index < -0.39 is 0 Å². The van der Waals surface area contributed by atoms with E-state index in [9.17, 15) is 0 Å². The van der Waals surface area contributed by atoms with Crippen molar-refractivity contribution in [2.24, 2.45) is 5.41 Å². The number of rotatable bonds is 6. The predicted molar refractivity (Wildman–Crippen MR) is 67.3 cm³/mol. The minimum Gasteiger partial charge on any atom is -0.381 e. The van der Waals surface area contributed by atoms with Crippen LogP contribution in [0.1, 0.15) is 54.4 Å². The van der Waals surface area contributed by atoms with Gasteiger partial charge >= 0.3 is 0 Å². The van der Waals surface area contributed by atoms with Crippen LogP contribution >= 0.6 is 0 Å². The highest BCUT2D eigenvalue weighted by molar-refractivity contribution is 4.69. The first-order chi connectivity index (χ1) is 6.71. The quantitative estimate of drug-likeness (QED) is 0.687. The Balaban J connectivity index is 3.20. The highest BCUT2D eigenvalue weighted by atomic mass is 16.5. The van der Waals surface area contributed by atoms with Crippen LogP contribution in [0.3, 0.4) is 0 Å². The number of unbranched alkanes of at least 4 members (excludes halogenated alkanes) is 1. The van der Waals surface area contributed by atoms with Gasteiger partial charge in [-0.05, 0) is 45.6 Å². The summed E-state index contributed by atoms with van der Waals surface area (Å²) >= 11 is 0. The van der Waals surface area contributed by atoms with Crippen molar-refractivity contribution in [3.63, 3.8) is 0 Å². The van der Waals surface area contributed by atoms with Gasteiger partial charge in [0.05, 0.1) is 6.61 Å². The predicted octanol–water partition coefficient (Wildman–Crippen LogP) is 3.22. The van der Waals surface area contributed by atoms with Gasteiger partial charge in [0.1, 0.15) is 0 Å². The maximum Gasteiger partial charge on any atom is 0.0514 e. The Morgan fingerprint density at radius 3 is 2.00 bits per heavy atom. The number of nitrogens with one attached hydrogen (secondary N) is 1. The average molecular weight is 215 g/mol. The van der Waals surface area contributed by atoms with Crippen LogP contribution in [0.25, 0.3) is 0 Å². The zero-order valence-electron chi connectivity index (χ0n) is 11.4. The van der Waals surface area contributed by atoms with Crippen LogP contribution in [0.4, 0.5) is 0 Å². The summed E-state index contributed by atoms with van der Waals surface area (Å²) in [5, 5.41) is 3.47. The van der Waals surface area contributed by atoms with E-state index in [4.69, 9.17) is 4.74 Å². The third-order valence-corrected chi connectivity index (χ3v) is 1.91. The molecule has 92 valence electrons. The molecule has 0 amide bonds. The molecule has 0 rings (SSSR count). The summed E-state index contributed by atoms with van der Waals surface area (Å²) < 4.78 is 5.60. The highest BCUT2D eigenvalue weighted by Crippen LogP contribution is 2.12. The Morgan fingerprint density at radius 1 is 0.933 bits per heavy atom. The smallest absolute Gasteiger partial charge is 0.0514 e. The molecule has 0 unspecified atom stereocenters. The summed E-state index contributed by atoms with van der Waals surface area (Å²) in [6.45, 7) is 16.0. The van der Waals surface area contributed by atoms with Gasteiger partial charge in [0.2, 0.25) is 0 Å². The molecule has 0 aliphatic carbocycles. The van der Waals surface area contributed by atoms with Crippen molar-refractivity contribution in [1.82, 2.24) is 5.32 Å². The molecule has 0 bridgehead atoms. The highest BCUT2D eigenvalue weighted by Gasteiger charge is 2.09. The second kappa shape index (κ2) is 6.49. The number of ether oxygens (including phenoxy) is 1. The molecule has 0 aromatic heterocycles. The second-order valence-electron chi connectivity index (χ2n) is 6.50. The third kappa shape index (κ3) is 13.9. The van der Waals surface area contributed by atoms with Gasteiger partial charge in [-0.1, -0.05) is 20.8 Å². The maximum atomic E-state index is 5.60. The van der Waals surface area contributed by atoms with Gasteiger partial charge in [0.15, 0.2) is 0 Å². The zero-order valence-corrected chi connectivity index (χ0v) is 11.4. The lowest BCUT2D eigenvalue weighted by Crippen LogP contribution is -2.36. The molecular formula is C13H29NO. The van der Waals surface area contributed by atoms with E-state index in [1.807, 2.05) is 0 Å². The molecule has 0 saturated heterocycles. The monoisotopic (exact) mass is 215 g/mol. The van der Waals surface area contributed by atoms with Crippen molar-refractivity contribution in [2.45, 2.75) is 59.9 Å². The first-order valence-corrected chi connectivity index (χ1v) is 6.03. The van der Waals surface area contributed by atoms with Crippen molar-refractivity contribution in [1.29, 1.82) is 0 Å². The molecule has 0 atom stereocenters. The molecular weight excluding hydrogens is 186 g/mol. The van der Waals surface area contributed by atoms with Crippen LogP contribution in [-0.2, 0) is 4.74 Å². The molecule has 1 N–H and O–H groups in total. The first-order valence-electron chi connectivity index (χ1n) is 6.03. The van der Waals surface area contributed by atoms with Crippen LogP contribution in [0.5, 0.6) is 0 Å². The molecule has 0 aromatic carbocycles. The van der Waals surface area contributed by atoms with Crippen LogP contribution < -0.4 is 5.32 Å². The molecule has 0 saturated carbocycles. The topological polar surface area (TPSA) is 21.3 Å². The maximum absolute atomic E-state index is 5.60. The zero-order chi connectivity index (χ0) is 11.9. The summed E-state index contributed by atoms with van der Waals surface area (Å²) in [6, 6.07) is 0. The van der Waals surface area contributed by atoms with Gasteiger partial charge in [-0.3, -0.25) is 0 Å². The lowest BCUT2D eigenvalue weighted by molar-refractivity contribution is 0.0687. The van der Waals surface area contributed by atoms with E-state index in [1.54, 1.807) is 0 Å². The number of hydrogen-bond acceptors (Lipinski definition) is 2. The van der Waals surface area contributed by atoms with E-state index in [0.717, 1.165) is 26.2 Å². The average Bonchev–Trinajstić information content (AvgIpc) is 1.98. The van der Waals surface area contributed by atoms with Crippen molar-refractivity contribution in [3.8, 4) is 0 Å². The van der Waals surface area contributed by atoms with E-state index in [-0.39, 0.29) is 5.54 Å². The molecule has 0 aliphatic rings. The van der Waals surface area contributed by atoms with Crippen molar-refractivity contribution in [2.75, 3.05) is 19.8 Å². The minimum atomic E-state index is 0.242. The van der Waals surface area contributed by atoms with Gasteiger partial charge in [-0.2, -0.15) is 0 Å². The molecule has 0 aliphatic heterocycles. The standard InChI is InChI=1S/C13H29NO/c1-12(2,3)11-15-10-8-7-9-14-13(4,5)6/h14H,7-11H2,1-6H3. The summed E-state index contributed by atoms with van der Waals surface area (Å²) in [6.07, 6.45) is 2.35. The van der Waals surface area contributed by atoms with Crippen LogP contribution in [0.15, 0.2) is 0 Å². The van der Waals surface area contributed by atoms with Crippen molar-refractivity contribution < 1.29 is 4.74 Å². The fourth-order valence-electron chi connectivity index (χ4n) is 1.17. The Bertz CT molecular complexity index is 135. The molecule has 0 spiro atoms. The lowest BCUT2D eigenvalue weighted by atomic mass is 9.99. The Morgan fingerprint density at radius 2 is 1.53 bits per heavy atom. The van der Waals surface area contributed by atoms with E-state index in [2.05, 4.69) is 46.9 Å². The largest absolute Gasteiger partial charge is 0.381 e. The van der Waals surface area contributed by atoms with Gasteiger partial charge in [-0.15, -0.1) is 0 Å². The molecule has 0 aromatic rings. The fraction of sp³-hybridized carbons (Fsp3) is 1.00. The van der Waals surface area contributed by atoms with E-state index >= 15 is 0 Å². The third-order valence-electron chi connectivity index (χ3n) is 1.91. The SMILES string of the molecule is CC(C)(C)COCCCCNC(C)(C)C. The van der Waals surface area contributed by atoms with E-state index in [0.29, 0.717) is 5.41 Å². The van der Waals surface area contributed by atoms with Crippen LogP contribution in [-0.4, -0.2) is 25.3 Å². The molecule has 15 heavy (non-hydrogen) atoms. The molecule has 0 heterocycles. The number of hydrogen-bond donors (Lipinski definition) is 1. The summed E-state index contributed by atoms with van der Waals surface area (Å²) in [5.74, 6) is 0. The van der Waals surface area contributed by atoms with Gasteiger partial charge in [-0.25, -0.2) is 0 Å². The van der Waals surface area contributed by atoms with E-state index in [1.165, 1.54) is 6.42 Å². The normalized spacial score (nSPS) is 13.2. The lowest BCUT2D eigenvalue weighted by Gasteiger charge is -2.20. The summed E-state index contributed by atoms with van der Waals surface area (Å²) in [4.78, 5) is 0. The Kier molecular flexibility index (Phi) is 6.46. The molecule has 2 nitrogen and oxygen atoms in total. The second-order valence-corrected chi connectivity index (χ2v) is 6.50. The summed E-state index contributed by atoms with van der Waals surface area (Å²) in [5.41, 5.74) is 0.538. The molecule has 0 fully saturated rings. The van der Waals surface area contributed by atoms with Gasteiger partial charge < -0.3 is 10.1 Å². The minimum absolute atomic E-state index is 0.242. The Hall–Kier alpha value is -0.0800. The van der Waals surface area contributed by atoms with Crippen LogP contribution in [0.2, 0.25) is 0 Å². The Labute approximate surface area is 95.8 Å². The van der Waals surface area contributed by atoms with Gasteiger partial charge in [0, 0.05) is 12.1 Å². The first kappa shape index (κ1) is 14.9. The van der Waals surface area contributed by atoms with Crippen molar-refractivity contribution in [3.05, 3.63) is 0 Å². The fourth-order valence-corrected chi connectivity index (χ4v) is 1.17. The molecule has 2 heteroatoms. The van der Waals surface area contributed by atoms with Crippen molar-refractivity contribution >= 4 is 0 Å². The van der Waals surface area contributed by atoms with Gasteiger partial charge in [0.25, 0.3) is 0 Å². The molecule has 0 radical (unpaired) electrons. The summed E-state index contributed by atoms with van der Waals surface area (Å²) in [7, 11) is 0. The van der Waals surface area contributed by atoms with Crippen LogP contribution in [0, 0.1) is 5.41 Å².